The standard InChI is InChI=1S/C29H27ClN6O2/c1-19-8-10-21(11-9-19)27(37)26-24(18-31)28(36(35-26)23-14-12-22(30)13-15-23)32-16-5-17-33-29(38)34-25-7-4-3-6-20(25)2/h3-4,6-15,32H,5,16-17H2,1-2H3,(H2,33,34,38). The molecule has 192 valence electrons. The highest BCUT2D eigenvalue weighted by atomic mass is 35.5. The number of aryl methyl sites for hydroxylation is 2. The van der Waals surface area contributed by atoms with Crippen molar-refractivity contribution in [2.24, 2.45) is 0 Å². The van der Waals surface area contributed by atoms with Crippen LogP contribution < -0.4 is 16.0 Å². The summed E-state index contributed by atoms with van der Waals surface area (Å²) in [5, 5.41) is 24.0. The van der Waals surface area contributed by atoms with Gasteiger partial charge in [-0.1, -0.05) is 59.6 Å². The van der Waals surface area contributed by atoms with Gasteiger partial charge in [-0.3, -0.25) is 4.79 Å². The number of ketones is 1. The number of nitrogens with zero attached hydrogens (tertiary/aromatic N) is 3. The Morgan fingerprint density at radius 1 is 0.974 bits per heavy atom. The molecule has 3 aromatic carbocycles. The van der Waals surface area contributed by atoms with Gasteiger partial charge >= 0.3 is 6.03 Å². The van der Waals surface area contributed by atoms with Gasteiger partial charge in [0.25, 0.3) is 0 Å². The SMILES string of the molecule is Cc1ccc(C(=O)c2nn(-c3ccc(Cl)cc3)c(NCCCNC(=O)Nc3ccccc3C)c2C#N)cc1. The summed E-state index contributed by atoms with van der Waals surface area (Å²) >= 11 is 6.06. The van der Waals surface area contributed by atoms with E-state index in [1.807, 2.05) is 50.2 Å². The van der Waals surface area contributed by atoms with E-state index in [1.165, 1.54) is 4.68 Å². The zero-order chi connectivity index (χ0) is 27.1. The molecule has 0 spiro atoms. The van der Waals surface area contributed by atoms with E-state index in [0.717, 1.165) is 16.8 Å². The van der Waals surface area contributed by atoms with Gasteiger partial charge in [0.2, 0.25) is 5.78 Å². The van der Waals surface area contributed by atoms with Gasteiger partial charge in [0.1, 0.15) is 17.5 Å². The van der Waals surface area contributed by atoms with Gasteiger partial charge in [0.05, 0.1) is 5.69 Å². The largest absolute Gasteiger partial charge is 0.369 e. The number of anilines is 2. The molecule has 4 rings (SSSR count). The summed E-state index contributed by atoms with van der Waals surface area (Å²) in [4.78, 5) is 25.5. The number of nitriles is 1. The molecular formula is C29H27ClN6O2. The van der Waals surface area contributed by atoms with Gasteiger partial charge in [-0.25, -0.2) is 9.48 Å². The minimum absolute atomic E-state index is 0.0598. The lowest BCUT2D eigenvalue weighted by molar-refractivity contribution is 0.103. The number of carbonyl (C=O) groups is 2. The Morgan fingerprint density at radius 2 is 1.68 bits per heavy atom. The number of amides is 2. The molecule has 8 nitrogen and oxygen atoms in total. The normalized spacial score (nSPS) is 10.5. The average molecular weight is 527 g/mol. The zero-order valence-electron chi connectivity index (χ0n) is 21.1. The van der Waals surface area contributed by atoms with Crippen LogP contribution in [0.5, 0.6) is 0 Å². The first-order valence-electron chi connectivity index (χ1n) is 12.1. The molecule has 0 saturated heterocycles. The zero-order valence-corrected chi connectivity index (χ0v) is 21.8. The Hall–Kier alpha value is -4.61. The van der Waals surface area contributed by atoms with Gasteiger partial charge in [0.15, 0.2) is 5.69 Å². The summed E-state index contributed by atoms with van der Waals surface area (Å²) in [6, 6.07) is 23.5. The van der Waals surface area contributed by atoms with E-state index < -0.39 is 0 Å². The first kappa shape index (κ1) is 26.5. The Balaban J connectivity index is 1.49. The van der Waals surface area contributed by atoms with Crippen LogP contribution in [0.1, 0.15) is 39.2 Å². The molecular weight excluding hydrogens is 500 g/mol. The summed E-state index contributed by atoms with van der Waals surface area (Å²) in [5.74, 6) is 0.0569. The third-order valence-electron chi connectivity index (χ3n) is 5.92. The number of hydrogen-bond acceptors (Lipinski definition) is 5. The molecule has 0 aliphatic heterocycles. The van der Waals surface area contributed by atoms with Crippen LogP contribution in [0.4, 0.5) is 16.3 Å². The lowest BCUT2D eigenvalue weighted by Gasteiger charge is -2.12. The highest BCUT2D eigenvalue weighted by Crippen LogP contribution is 2.26. The first-order chi connectivity index (χ1) is 18.4. The molecule has 9 heteroatoms. The molecule has 0 aliphatic carbocycles. The predicted octanol–water partition coefficient (Wildman–Crippen LogP) is 5.87. The number of hydrogen-bond donors (Lipinski definition) is 3. The molecule has 0 saturated carbocycles. The van der Waals surface area contributed by atoms with Crippen molar-refractivity contribution in [1.82, 2.24) is 15.1 Å². The van der Waals surface area contributed by atoms with E-state index in [9.17, 15) is 14.9 Å². The first-order valence-corrected chi connectivity index (χ1v) is 12.5. The number of benzene rings is 3. The van der Waals surface area contributed by atoms with Crippen molar-refractivity contribution in [2.45, 2.75) is 20.3 Å². The Kier molecular flexibility index (Phi) is 8.41. The lowest BCUT2D eigenvalue weighted by Crippen LogP contribution is -2.30. The van der Waals surface area contributed by atoms with Crippen molar-refractivity contribution >= 4 is 34.9 Å². The Bertz CT molecular complexity index is 1490. The molecule has 0 unspecified atom stereocenters. The van der Waals surface area contributed by atoms with Crippen molar-refractivity contribution < 1.29 is 9.59 Å². The van der Waals surface area contributed by atoms with E-state index in [-0.39, 0.29) is 23.1 Å². The van der Waals surface area contributed by atoms with Crippen LogP contribution in [0.15, 0.2) is 72.8 Å². The quantitative estimate of drug-likeness (QED) is 0.186. The monoisotopic (exact) mass is 526 g/mol. The number of halogens is 1. The average Bonchev–Trinajstić information content (AvgIpc) is 3.28. The second-order valence-corrected chi connectivity index (χ2v) is 9.18. The van der Waals surface area contributed by atoms with Gasteiger partial charge in [-0.05, 0) is 56.2 Å². The van der Waals surface area contributed by atoms with Gasteiger partial charge in [-0.2, -0.15) is 10.4 Å². The van der Waals surface area contributed by atoms with Crippen LogP contribution in [0, 0.1) is 25.2 Å². The van der Waals surface area contributed by atoms with Crippen LogP contribution in [0.2, 0.25) is 5.02 Å². The summed E-state index contributed by atoms with van der Waals surface area (Å²) in [5.41, 5.74) is 4.05. The number of aromatic nitrogens is 2. The maximum Gasteiger partial charge on any atom is 0.319 e. The van der Waals surface area contributed by atoms with Crippen LogP contribution >= 0.6 is 11.6 Å². The van der Waals surface area contributed by atoms with Crippen molar-refractivity contribution in [3.05, 3.63) is 106 Å². The lowest BCUT2D eigenvalue weighted by atomic mass is 10.0. The molecule has 1 aromatic heterocycles. The minimum Gasteiger partial charge on any atom is -0.369 e. The number of carbonyl (C=O) groups excluding carboxylic acids is 2. The molecule has 3 N–H and O–H groups in total. The van der Waals surface area contributed by atoms with Crippen LogP contribution in [-0.4, -0.2) is 34.7 Å². The highest BCUT2D eigenvalue weighted by molar-refractivity contribution is 6.30. The molecule has 0 aliphatic rings. The summed E-state index contributed by atoms with van der Waals surface area (Å²) in [7, 11) is 0. The van der Waals surface area contributed by atoms with Crippen molar-refractivity contribution in [3.63, 3.8) is 0 Å². The predicted molar refractivity (Wildman–Crippen MR) is 149 cm³/mol. The fraction of sp³-hybridized carbons (Fsp3) is 0.172. The molecule has 0 bridgehead atoms. The van der Waals surface area contributed by atoms with Crippen molar-refractivity contribution in [2.75, 3.05) is 23.7 Å². The van der Waals surface area contributed by atoms with E-state index in [1.54, 1.807) is 36.4 Å². The van der Waals surface area contributed by atoms with Gasteiger partial charge in [-0.15, -0.1) is 0 Å². The Labute approximate surface area is 226 Å². The third kappa shape index (κ3) is 6.20. The van der Waals surface area contributed by atoms with Crippen molar-refractivity contribution in [1.29, 1.82) is 5.26 Å². The number of rotatable bonds is 9. The smallest absolute Gasteiger partial charge is 0.319 e. The Morgan fingerprint density at radius 3 is 2.37 bits per heavy atom. The molecule has 4 aromatic rings. The van der Waals surface area contributed by atoms with Gasteiger partial charge < -0.3 is 16.0 Å². The second-order valence-electron chi connectivity index (χ2n) is 8.74. The molecule has 1 heterocycles. The van der Waals surface area contributed by atoms with Crippen molar-refractivity contribution in [3.8, 4) is 11.8 Å². The van der Waals surface area contributed by atoms with Crippen LogP contribution in [0.3, 0.4) is 0 Å². The summed E-state index contributed by atoms with van der Waals surface area (Å²) in [6.07, 6.45) is 0.569. The fourth-order valence-electron chi connectivity index (χ4n) is 3.83. The van der Waals surface area contributed by atoms with Crippen LogP contribution in [0.25, 0.3) is 5.69 Å². The third-order valence-corrected chi connectivity index (χ3v) is 6.17. The maximum atomic E-state index is 13.3. The summed E-state index contributed by atoms with van der Waals surface area (Å²) in [6.45, 7) is 4.69. The van der Waals surface area contributed by atoms with E-state index in [4.69, 9.17) is 11.6 Å². The fourth-order valence-corrected chi connectivity index (χ4v) is 3.96. The number of para-hydroxylation sites is 1. The summed E-state index contributed by atoms with van der Waals surface area (Å²) < 4.78 is 1.54. The second kappa shape index (κ2) is 12.1. The molecule has 0 radical (unpaired) electrons. The number of nitrogens with one attached hydrogen (secondary N) is 3. The molecule has 2 amide bonds. The molecule has 38 heavy (non-hydrogen) atoms. The minimum atomic E-state index is -0.341. The maximum absolute atomic E-state index is 13.3. The van der Waals surface area contributed by atoms with E-state index >= 15 is 0 Å². The van der Waals surface area contributed by atoms with E-state index in [2.05, 4.69) is 27.1 Å². The van der Waals surface area contributed by atoms with E-state index in [0.29, 0.717) is 41.6 Å². The molecule has 0 atom stereocenters. The number of urea groups is 1. The molecule has 0 fully saturated rings. The topological polar surface area (TPSA) is 112 Å². The highest BCUT2D eigenvalue weighted by Gasteiger charge is 2.25. The van der Waals surface area contributed by atoms with Gasteiger partial charge in [0, 0.05) is 29.4 Å². The van der Waals surface area contributed by atoms with Crippen LogP contribution in [-0.2, 0) is 0 Å².